The highest BCUT2D eigenvalue weighted by Crippen LogP contribution is 2.27. The summed E-state index contributed by atoms with van der Waals surface area (Å²) in [7, 11) is 0. The number of fused-ring (bicyclic) bond motifs is 1. The van der Waals surface area contributed by atoms with Crippen molar-refractivity contribution in [3.05, 3.63) is 83.3 Å². The Morgan fingerprint density at radius 2 is 1.85 bits per heavy atom. The topological polar surface area (TPSA) is 91.0 Å². The molecule has 4 aromatic rings. The van der Waals surface area contributed by atoms with E-state index in [1.54, 1.807) is 24.4 Å². The van der Waals surface area contributed by atoms with E-state index in [1.807, 2.05) is 30.3 Å². The van der Waals surface area contributed by atoms with Gasteiger partial charge in [-0.05, 0) is 18.2 Å². The first-order valence-corrected chi connectivity index (χ1v) is 7.78. The molecule has 0 unspecified atom stereocenters. The zero-order chi connectivity index (χ0) is 17.9. The molecular weight excluding hydrogens is 332 g/mol. The van der Waals surface area contributed by atoms with E-state index in [4.69, 9.17) is 4.74 Å². The van der Waals surface area contributed by atoms with Crippen molar-refractivity contribution in [1.29, 1.82) is 0 Å². The highest BCUT2D eigenvalue weighted by molar-refractivity contribution is 5.79. The number of nitrogens with zero attached hydrogens (tertiary/aromatic N) is 4. The quantitative estimate of drug-likeness (QED) is 0.403. The Kier molecular flexibility index (Phi) is 3.95. The number of aromatic nitrogens is 3. The molecule has 0 spiro atoms. The second-order valence-electron chi connectivity index (χ2n) is 5.51. The Bertz CT molecular complexity index is 1110. The molecular formula is C19H12N4O3. The van der Waals surface area contributed by atoms with Crippen molar-refractivity contribution in [2.45, 2.75) is 0 Å². The first-order chi connectivity index (χ1) is 12.7. The van der Waals surface area contributed by atoms with Gasteiger partial charge in [0.05, 0.1) is 16.1 Å². The summed E-state index contributed by atoms with van der Waals surface area (Å²) in [6.07, 6.45) is 3.08. The van der Waals surface area contributed by atoms with Gasteiger partial charge in [0.15, 0.2) is 0 Å². The summed E-state index contributed by atoms with van der Waals surface area (Å²) >= 11 is 0. The van der Waals surface area contributed by atoms with Crippen LogP contribution < -0.4 is 4.74 Å². The first kappa shape index (κ1) is 15.6. The Hall–Kier alpha value is -3.87. The molecule has 0 amide bonds. The predicted molar refractivity (Wildman–Crippen MR) is 95.9 cm³/mol. The Morgan fingerprint density at radius 1 is 0.923 bits per heavy atom. The van der Waals surface area contributed by atoms with Gasteiger partial charge in [-0.3, -0.25) is 15.1 Å². The Morgan fingerprint density at radius 3 is 2.73 bits per heavy atom. The molecule has 0 saturated carbocycles. The zero-order valence-electron chi connectivity index (χ0n) is 13.4. The van der Waals surface area contributed by atoms with Crippen molar-refractivity contribution in [3.8, 4) is 22.9 Å². The highest BCUT2D eigenvalue weighted by Gasteiger charge is 2.10. The highest BCUT2D eigenvalue weighted by atomic mass is 16.6. The maximum Gasteiger partial charge on any atom is 0.270 e. The predicted octanol–water partition coefficient (Wildman–Crippen LogP) is 4.39. The van der Waals surface area contributed by atoms with Crippen molar-refractivity contribution in [1.82, 2.24) is 15.0 Å². The molecule has 0 aliphatic heterocycles. The fraction of sp³-hybridized carbons (Fsp3) is 0. The lowest BCUT2D eigenvalue weighted by Crippen LogP contribution is -1.93. The minimum atomic E-state index is -0.440. The second kappa shape index (κ2) is 6.56. The molecule has 26 heavy (non-hydrogen) atoms. The average molecular weight is 344 g/mol. The van der Waals surface area contributed by atoms with E-state index in [2.05, 4.69) is 15.0 Å². The molecule has 0 bridgehead atoms. The summed E-state index contributed by atoms with van der Waals surface area (Å²) in [5.74, 6) is 0.941. The van der Waals surface area contributed by atoms with Crippen molar-refractivity contribution < 1.29 is 9.66 Å². The van der Waals surface area contributed by atoms with E-state index >= 15 is 0 Å². The monoisotopic (exact) mass is 344 g/mol. The standard InChI is InChI=1S/C19H12N4O3/c24-23(25)15-5-1-3-14(9-15)18-11-19(22-12-21-18)26-16-7-6-13-4-2-8-20-17(13)10-16/h1-12H. The molecule has 2 aromatic heterocycles. The van der Waals surface area contributed by atoms with E-state index in [-0.39, 0.29) is 5.69 Å². The summed E-state index contributed by atoms with van der Waals surface area (Å²) in [6, 6.07) is 17.3. The van der Waals surface area contributed by atoms with Crippen LogP contribution in [0.2, 0.25) is 0 Å². The molecule has 7 nitrogen and oxygen atoms in total. The van der Waals surface area contributed by atoms with Gasteiger partial charge in [0, 0.05) is 41.4 Å². The van der Waals surface area contributed by atoms with Gasteiger partial charge in [-0.2, -0.15) is 0 Å². The number of pyridine rings is 1. The van der Waals surface area contributed by atoms with Crippen molar-refractivity contribution in [2.75, 3.05) is 0 Å². The molecule has 0 atom stereocenters. The van der Waals surface area contributed by atoms with Gasteiger partial charge in [0.25, 0.3) is 5.69 Å². The van der Waals surface area contributed by atoms with Crippen LogP contribution in [0, 0.1) is 10.1 Å². The molecule has 126 valence electrons. The normalized spacial score (nSPS) is 10.6. The van der Waals surface area contributed by atoms with E-state index in [0.717, 1.165) is 10.9 Å². The van der Waals surface area contributed by atoms with Gasteiger partial charge >= 0.3 is 0 Å². The third-order valence-electron chi connectivity index (χ3n) is 3.79. The van der Waals surface area contributed by atoms with E-state index in [1.165, 1.54) is 18.5 Å². The van der Waals surface area contributed by atoms with Crippen LogP contribution in [-0.4, -0.2) is 19.9 Å². The number of rotatable bonds is 4. The molecule has 0 radical (unpaired) electrons. The number of hydrogen-bond acceptors (Lipinski definition) is 6. The van der Waals surface area contributed by atoms with Crippen LogP contribution >= 0.6 is 0 Å². The zero-order valence-corrected chi connectivity index (χ0v) is 13.4. The number of benzene rings is 2. The molecule has 0 aliphatic rings. The molecule has 7 heteroatoms. The number of ether oxygens (including phenoxy) is 1. The third-order valence-corrected chi connectivity index (χ3v) is 3.79. The van der Waals surface area contributed by atoms with Crippen LogP contribution in [0.3, 0.4) is 0 Å². The molecule has 0 fully saturated rings. The van der Waals surface area contributed by atoms with Crippen molar-refractivity contribution in [2.24, 2.45) is 0 Å². The van der Waals surface area contributed by atoms with Gasteiger partial charge in [-0.15, -0.1) is 0 Å². The molecule has 4 rings (SSSR count). The lowest BCUT2D eigenvalue weighted by Gasteiger charge is -2.07. The molecule has 0 aliphatic carbocycles. The van der Waals surface area contributed by atoms with Crippen LogP contribution in [0.15, 0.2) is 73.2 Å². The summed E-state index contributed by atoms with van der Waals surface area (Å²) < 4.78 is 5.80. The first-order valence-electron chi connectivity index (χ1n) is 7.78. The minimum Gasteiger partial charge on any atom is -0.439 e. The lowest BCUT2D eigenvalue weighted by molar-refractivity contribution is -0.384. The minimum absolute atomic E-state index is 0.00387. The smallest absolute Gasteiger partial charge is 0.270 e. The Labute approximate surface area is 148 Å². The van der Waals surface area contributed by atoms with Crippen molar-refractivity contribution >= 4 is 16.6 Å². The van der Waals surface area contributed by atoms with Crippen LogP contribution in [0.1, 0.15) is 0 Å². The van der Waals surface area contributed by atoms with Gasteiger partial charge < -0.3 is 4.74 Å². The largest absolute Gasteiger partial charge is 0.439 e. The summed E-state index contributed by atoms with van der Waals surface area (Å²) in [5, 5.41) is 12.0. The van der Waals surface area contributed by atoms with E-state index in [9.17, 15) is 10.1 Å². The van der Waals surface area contributed by atoms with E-state index < -0.39 is 4.92 Å². The molecule has 0 N–H and O–H groups in total. The Balaban J connectivity index is 1.65. The number of nitro benzene ring substituents is 1. The molecule has 2 aromatic carbocycles. The van der Waals surface area contributed by atoms with Crippen LogP contribution in [0.4, 0.5) is 5.69 Å². The van der Waals surface area contributed by atoms with Gasteiger partial charge in [-0.25, -0.2) is 9.97 Å². The van der Waals surface area contributed by atoms with Gasteiger partial charge in [0.1, 0.15) is 12.1 Å². The molecule has 2 heterocycles. The number of hydrogen-bond donors (Lipinski definition) is 0. The van der Waals surface area contributed by atoms with Gasteiger partial charge in [-0.1, -0.05) is 18.2 Å². The summed E-state index contributed by atoms with van der Waals surface area (Å²) in [6.45, 7) is 0. The van der Waals surface area contributed by atoms with Crippen LogP contribution in [0.25, 0.3) is 22.2 Å². The summed E-state index contributed by atoms with van der Waals surface area (Å²) in [5.41, 5.74) is 1.98. The fourth-order valence-electron chi connectivity index (χ4n) is 2.56. The third kappa shape index (κ3) is 3.18. The second-order valence-corrected chi connectivity index (χ2v) is 5.51. The maximum absolute atomic E-state index is 10.9. The number of non-ortho nitro benzene ring substituents is 1. The number of nitro groups is 1. The van der Waals surface area contributed by atoms with Crippen molar-refractivity contribution in [3.63, 3.8) is 0 Å². The maximum atomic E-state index is 10.9. The van der Waals surface area contributed by atoms with Gasteiger partial charge in [0.2, 0.25) is 5.88 Å². The summed E-state index contributed by atoms with van der Waals surface area (Å²) in [4.78, 5) is 23.1. The SMILES string of the molecule is O=[N+]([O-])c1cccc(-c2cc(Oc3ccc4cccnc4c3)ncn2)c1. The average Bonchev–Trinajstić information content (AvgIpc) is 2.68. The molecule has 0 saturated heterocycles. The van der Waals surface area contributed by atoms with Crippen LogP contribution in [-0.2, 0) is 0 Å². The van der Waals surface area contributed by atoms with E-state index in [0.29, 0.717) is 22.9 Å². The fourth-order valence-corrected chi connectivity index (χ4v) is 2.56. The lowest BCUT2D eigenvalue weighted by atomic mass is 10.1. The van der Waals surface area contributed by atoms with Crippen LogP contribution in [0.5, 0.6) is 11.6 Å².